The lowest BCUT2D eigenvalue weighted by Crippen LogP contribution is -2.57. The minimum absolute atomic E-state index is 0.189. The van der Waals surface area contributed by atoms with E-state index >= 15 is 0 Å². The maximum atomic E-state index is 9.47. The molecule has 1 aliphatic carbocycles. The number of likely N-dealkylation sites (tertiary alicyclic amines) is 1. The summed E-state index contributed by atoms with van der Waals surface area (Å²) in [5.74, 6) is 0.840. The van der Waals surface area contributed by atoms with E-state index in [0.29, 0.717) is 12.5 Å². The Hall–Kier alpha value is -2.72. The SMILES string of the molecule is CC1CCN(C2CC(CC#N)(n3cc(-c4ncnc5[nH]ccc45)cn3)C2)CC1. The van der Waals surface area contributed by atoms with E-state index in [1.54, 1.807) is 6.33 Å². The van der Waals surface area contributed by atoms with E-state index in [2.05, 4.69) is 44.1 Å². The highest BCUT2D eigenvalue weighted by atomic mass is 15.3. The van der Waals surface area contributed by atoms with Crippen molar-refractivity contribution in [3.05, 3.63) is 31.0 Å². The molecule has 2 fully saturated rings. The first-order valence-corrected chi connectivity index (χ1v) is 10.1. The van der Waals surface area contributed by atoms with Gasteiger partial charge < -0.3 is 9.88 Å². The number of rotatable bonds is 4. The molecular weight excluding hydrogens is 350 g/mol. The highest BCUT2D eigenvalue weighted by molar-refractivity contribution is 5.89. The van der Waals surface area contributed by atoms with Crippen molar-refractivity contribution in [3.8, 4) is 17.3 Å². The van der Waals surface area contributed by atoms with Gasteiger partial charge in [-0.25, -0.2) is 9.97 Å². The van der Waals surface area contributed by atoms with Gasteiger partial charge in [-0.2, -0.15) is 10.4 Å². The Morgan fingerprint density at radius 3 is 2.89 bits per heavy atom. The van der Waals surface area contributed by atoms with Crippen LogP contribution in [-0.4, -0.2) is 48.8 Å². The number of nitrogens with one attached hydrogen (secondary N) is 1. The van der Waals surface area contributed by atoms with E-state index < -0.39 is 0 Å². The molecule has 1 aliphatic heterocycles. The standard InChI is InChI=1S/C21H25N7/c1-15-3-8-27(9-4-15)17-10-21(11-17,5-6-22)28-13-16(12-26-28)19-18-2-7-23-20(18)25-14-24-19/h2,7,12-15,17H,3-5,8-11H2,1H3,(H,23,24,25). The molecule has 0 spiro atoms. The monoisotopic (exact) mass is 375 g/mol. The molecule has 7 heteroatoms. The summed E-state index contributed by atoms with van der Waals surface area (Å²) in [7, 11) is 0. The van der Waals surface area contributed by atoms with Crippen molar-refractivity contribution in [2.45, 2.75) is 50.6 Å². The maximum Gasteiger partial charge on any atom is 0.141 e. The number of nitrogens with zero attached hydrogens (tertiary/aromatic N) is 6. The smallest absolute Gasteiger partial charge is 0.141 e. The van der Waals surface area contributed by atoms with E-state index in [1.165, 1.54) is 25.9 Å². The third-order valence-electron chi connectivity index (χ3n) is 6.67. The number of nitriles is 1. The van der Waals surface area contributed by atoms with Crippen molar-refractivity contribution in [2.24, 2.45) is 5.92 Å². The summed E-state index contributed by atoms with van der Waals surface area (Å²) < 4.78 is 2.02. The normalized spacial score (nSPS) is 26.2. The second kappa shape index (κ2) is 6.71. The van der Waals surface area contributed by atoms with Gasteiger partial charge in [-0.05, 0) is 50.8 Å². The van der Waals surface area contributed by atoms with Crippen molar-refractivity contribution in [1.82, 2.24) is 29.6 Å². The quantitative estimate of drug-likeness (QED) is 0.756. The molecule has 0 unspecified atom stereocenters. The average Bonchev–Trinajstić information content (AvgIpc) is 3.34. The van der Waals surface area contributed by atoms with Gasteiger partial charge in [0, 0.05) is 29.4 Å². The number of aromatic amines is 1. The van der Waals surface area contributed by atoms with E-state index in [9.17, 15) is 5.26 Å². The molecule has 28 heavy (non-hydrogen) atoms. The van der Waals surface area contributed by atoms with Gasteiger partial charge in [0.05, 0.1) is 29.9 Å². The van der Waals surface area contributed by atoms with Crippen LogP contribution in [0.25, 0.3) is 22.3 Å². The Labute approximate surface area is 164 Å². The molecule has 144 valence electrons. The molecule has 0 radical (unpaired) electrons. The lowest BCUT2D eigenvalue weighted by atomic mass is 9.69. The zero-order chi connectivity index (χ0) is 19.1. The van der Waals surface area contributed by atoms with Crippen LogP contribution in [0, 0.1) is 17.2 Å². The fourth-order valence-corrected chi connectivity index (χ4v) is 4.84. The summed E-state index contributed by atoms with van der Waals surface area (Å²) in [5, 5.41) is 15.1. The lowest BCUT2D eigenvalue weighted by Gasteiger charge is -2.52. The summed E-state index contributed by atoms with van der Waals surface area (Å²) in [5.41, 5.74) is 2.49. The molecule has 1 saturated heterocycles. The third kappa shape index (κ3) is 2.80. The van der Waals surface area contributed by atoms with E-state index in [4.69, 9.17) is 0 Å². The number of H-pyrrole nitrogens is 1. The zero-order valence-electron chi connectivity index (χ0n) is 16.2. The first-order chi connectivity index (χ1) is 13.7. The highest BCUT2D eigenvalue weighted by Gasteiger charge is 2.49. The second-order valence-corrected chi connectivity index (χ2v) is 8.48. The Kier molecular flexibility index (Phi) is 4.17. The zero-order valence-corrected chi connectivity index (χ0v) is 16.2. The van der Waals surface area contributed by atoms with Crippen LogP contribution in [0.2, 0.25) is 0 Å². The minimum atomic E-state index is -0.189. The van der Waals surface area contributed by atoms with Crippen molar-refractivity contribution in [3.63, 3.8) is 0 Å². The number of hydrogen-bond donors (Lipinski definition) is 1. The van der Waals surface area contributed by atoms with Gasteiger partial charge >= 0.3 is 0 Å². The molecule has 2 aliphatic rings. The third-order valence-corrected chi connectivity index (χ3v) is 6.67. The van der Waals surface area contributed by atoms with Gasteiger partial charge in [0.25, 0.3) is 0 Å². The van der Waals surface area contributed by atoms with Crippen LogP contribution in [0.3, 0.4) is 0 Å². The first-order valence-electron chi connectivity index (χ1n) is 10.1. The molecule has 7 nitrogen and oxygen atoms in total. The minimum Gasteiger partial charge on any atom is -0.346 e. The molecule has 0 bridgehead atoms. The first kappa shape index (κ1) is 17.4. The Bertz CT molecular complexity index is 1010. The maximum absolute atomic E-state index is 9.47. The van der Waals surface area contributed by atoms with E-state index in [-0.39, 0.29) is 5.54 Å². The molecule has 0 amide bonds. The largest absolute Gasteiger partial charge is 0.346 e. The summed E-state index contributed by atoms with van der Waals surface area (Å²) in [4.78, 5) is 14.5. The van der Waals surface area contributed by atoms with Crippen LogP contribution in [0.5, 0.6) is 0 Å². The van der Waals surface area contributed by atoms with Crippen LogP contribution in [0.4, 0.5) is 0 Å². The lowest BCUT2D eigenvalue weighted by molar-refractivity contribution is -0.0100. The summed E-state index contributed by atoms with van der Waals surface area (Å²) >= 11 is 0. The molecule has 0 aromatic carbocycles. The van der Waals surface area contributed by atoms with Crippen LogP contribution >= 0.6 is 0 Å². The summed E-state index contributed by atoms with van der Waals surface area (Å²) in [6, 6.07) is 4.97. The van der Waals surface area contributed by atoms with Crippen molar-refractivity contribution >= 4 is 11.0 Å². The second-order valence-electron chi connectivity index (χ2n) is 8.48. The van der Waals surface area contributed by atoms with Crippen LogP contribution in [0.15, 0.2) is 31.0 Å². The Balaban J connectivity index is 1.39. The predicted octanol–water partition coefficient (Wildman–Crippen LogP) is 3.32. The molecule has 0 atom stereocenters. The van der Waals surface area contributed by atoms with Crippen LogP contribution in [0.1, 0.15) is 39.0 Å². The fraction of sp³-hybridized carbons (Fsp3) is 0.524. The van der Waals surface area contributed by atoms with Crippen LogP contribution < -0.4 is 0 Å². The van der Waals surface area contributed by atoms with Gasteiger partial charge in [0.1, 0.15) is 12.0 Å². The highest BCUT2D eigenvalue weighted by Crippen LogP contribution is 2.45. The number of piperidine rings is 1. The van der Waals surface area contributed by atoms with E-state index in [1.807, 2.05) is 23.1 Å². The number of fused-ring (bicyclic) bond motifs is 1. The van der Waals surface area contributed by atoms with Crippen molar-refractivity contribution < 1.29 is 0 Å². The molecule has 3 aromatic rings. The van der Waals surface area contributed by atoms with Gasteiger partial charge in [-0.3, -0.25) is 4.68 Å². The average molecular weight is 375 g/mol. The molecule has 4 heterocycles. The Morgan fingerprint density at radius 2 is 2.11 bits per heavy atom. The number of aromatic nitrogens is 5. The van der Waals surface area contributed by atoms with Crippen molar-refractivity contribution in [2.75, 3.05) is 13.1 Å². The summed E-state index contributed by atoms with van der Waals surface area (Å²) in [6.07, 6.45) is 12.4. The molecule has 5 rings (SSSR count). The van der Waals surface area contributed by atoms with Gasteiger partial charge in [-0.1, -0.05) is 6.92 Å². The van der Waals surface area contributed by atoms with Gasteiger partial charge in [-0.15, -0.1) is 0 Å². The molecular formula is C21H25N7. The predicted molar refractivity (Wildman–Crippen MR) is 106 cm³/mol. The van der Waals surface area contributed by atoms with E-state index in [0.717, 1.165) is 41.1 Å². The molecule has 1 N–H and O–H groups in total. The topological polar surface area (TPSA) is 86.4 Å². The Morgan fingerprint density at radius 1 is 1.29 bits per heavy atom. The summed E-state index contributed by atoms with van der Waals surface area (Å²) in [6.45, 7) is 4.72. The number of hydrogen-bond acceptors (Lipinski definition) is 5. The van der Waals surface area contributed by atoms with Crippen LogP contribution in [-0.2, 0) is 5.54 Å². The molecule has 1 saturated carbocycles. The van der Waals surface area contributed by atoms with Crippen molar-refractivity contribution in [1.29, 1.82) is 5.26 Å². The van der Waals surface area contributed by atoms with Gasteiger partial charge in [0.15, 0.2) is 0 Å². The molecule has 3 aromatic heterocycles. The fourth-order valence-electron chi connectivity index (χ4n) is 4.84. The van der Waals surface area contributed by atoms with Gasteiger partial charge in [0.2, 0.25) is 0 Å².